The van der Waals surface area contributed by atoms with E-state index < -0.39 is 0 Å². The molecule has 0 spiro atoms. The summed E-state index contributed by atoms with van der Waals surface area (Å²) in [5.74, 6) is 0. The second kappa shape index (κ2) is 14.4. The Bertz CT molecular complexity index is 2230. The molecule has 0 aliphatic heterocycles. The van der Waals surface area contributed by atoms with Gasteiger partial charge in [0.05, 0.1) is 5.58 Å². The van der Waals surface area contributed by atoms with Gasteiger partial charge in [0.25, 0.3) is 0 Å². The first-order chi connectivity index (χ1) is 22.8. The molecule has 7 aromatic rings. The third-order valence-electron chi connectivity index (χ3n) is 8.72. The van der Waals surface area contributed by atoms with Crippen molar-refractivity contribution in [3.05, 3.63) is 131 Å². The van der Waals surface area contributed by atoms with Crippen molar-refractivity contribution in [3.8, 4) is 22.5 Å². The number of aromatic nitrogens is 2. The van der Waals surface area contributed by atoms with Crippen molar-refractivity contribution >= 4 is 32.7 Å². The summed E-state index contributed by atoms with van der Waals surface area (Å²) in [5.41, 5.74) is 12.6. The molecule has 0 aliphatic rings. The van der Waals surface area contributed by atoms with Crippen LogP contribution < -0.4 is 0 Å². The smallest absolute Gasteiger partial charge is 0.128 e. The maximum absolute atomic E-state index is 6.53. The second-order valence-electron chi connectivity index (χ2n) is 15.6. The molecule has 3 aromatic heterocycles. The third-order valence-corrected chi connectivity index (χ3v) is 8.72. The van der Waals surface area contributed by atoms with Crippen LogP contribution in [0.4, 0.5) is 0 Å². The van der Waals surface area contributed by atoms with Crippen molar-refractivity contribution in [2.75, 3.05) is 0 Å². The number of fused-ring (bicyclic) bond motifs is 5. The van der Waals surface area contributed by atoms with E-state index >= 15 is 0 Å². The van der Waals surface area contributed by atoms with Crippen molar-refractivity contribution in [2.24, 2.45) is 10.8 Å². The Morgan fingerprint density at radius 3 is 2.02 bits per heavy atom. The first-order valence-electron chi connectivity index (χ1n) is 16.9. The molecule has 253 valence electrons. The molecule has 3 heterocycles. The topological polar surface area (TPSA) is 38.9 Å². The minimum absolute atomic E-state index is 0. The van der Waals surface area contributed by atoms with E-state index in [1.54, 1.807) is 0 Å². The van der Waals surface area contributed by atoms with Gasteiger partial charge in [-0.2, -0.15) is 0 Å². The molecule has 0 fully saturated rings. The zero-order valence-corrected chi connectivity index (χ0v) is 32.6. The SMILES string of the molecule is CC(C)(C)Cc1cnc(-c2[c-]ccc3c2oc2c4ccccc4ccc32)cc1CC(C)(C)C.Cc1c[c-]c(-c2cc(C)c(C)cn2)cc1.[Ir]. The van der Waals surface area contributed by atoms with Crippen LogP contribution in [-0.2, 0) is 32.9 Å². The standard InChI is InChI=1S/C31H32NO.C14H14N.Ir/c1-30(2,3)17-21-16-27(32-19-22(21)18-31(4,5)6)26-13-9-12-24-25-15-14-20-10-7-8-11-23(20)28(25)33-29(24)26;1-10-4-6-13(7-5-10)14-8-11(2)12(3)9-15-14;/h7-12,14-16,19H,17-18H2,1-6H3;4-6,8-9H,1-3H3;/q2*-1;. The van der Waals surface area contributed by atoms with E-state index in [2.05, 4.69) is 152 Å². The van der Waals surface area contributed by atoms with Crippen molar-refractivity contribution in [1.82, 2.24) is 9.97 Å². The molecule has 0 bridgehead atoms. The second-order valence-corrected chi connectivity index (χ2v) is 15.6. The fourth-order valence-electron chi connectivity index (χ4n) is 6.22. The van der Waals surface area contributed by atoms with Crippen LogP contribution in [0.2, 0.25) is 0 Å². The van der Waals surface area contributed by atoms with Crippen LogP contribution in [-0.4, -0.2) is 9.97 Å². The summed E-state index contributed by atoms with van der Waals surface area (Å²) < 4.78 is 6.53. The predicted octanol–water partition coefficient (Wildman–Crippen LogP) is 12.3. The Labute approximate surface area is 305 Å². The largest absolute Gasteiger partial charge is 0.500 e. The van der Waals surface area contributed by atoms with Crippen LogP contribution >= 0.6 is 0 Å². The van der Waals surface area contributed by atoms with Gasteiger partial charge in [0, 0.05) is 43.3 Å². The van der Waals surface area contributed by atoms with Gasteiger partial charge in [-0.1, -0.05) is 114 Å². The van der Waals surface area contributed by atoms with E-state index in [9.17, 15) is 0 Å². The molecule has 3 nitrogen and oxygen atoms in total. The monoisotopic (exact) mass is 823 g/mol. The Balaban J connectivity index is 0.000000246. The van der Waals surface area contributed by atoms with Gasteiger partial charge in [-0.3, -0.25) is 0 Å². The van der Waals surface area contributed by atoms with Gasteiger partial charge >= 0.3 is 0 Å². The summed E-state index contributed by atoms with van der Waals surface area (Å²) in [6.45, 7) is 20.0. The molecule has 0 saturated heterocycles. The molecule has 0 saturated carbocycles. The molecule has 49 heavy (non-hydrogen) atoms. The van der Waals surface area contributed by atoms with Crippen LogP contribution in [0.15, 0.2) is 95.7 Å². The van der Waals surface area contributed by atoms with E-state index in [-0.39, 0.29) is 30.9 Å². The van der Waals surface area contributed by atoms with Crippen molar-refractivity contribution in [1.29, 1.82) is 0 Å². The fraction of sp³-hybridized carbons (Fsp3) is 0.289. The van der Waals surface area contributed by atoms with Gasteiger partial charge in [0.2, 0.25) is 0 Å². The summed E-state index contributed by atoms with van der Waals surface area (Å²) >= 11 is 0. The van der Waals surface area contributed by atoms with Crippen LogP contribution in [0, 0.1) is 43.7 Å². The molecular formula is C45H46IrN2O-2. The minimum atomic E-state index is 0. The molecule has 7 rings (SSSR count). The quantitative estimate of drug-likeness (QED) is 0.166. The van der Waals surface area contributed by atoms with Gasteiger partial charge in [-0.05, 0) is 71.0 Å². The summed E-state index contributed by atoms with van der Waals surface area (Å²) in [4.78, 5) is 9.32. The molecule has 0 atom stereocenters. The van der Waals surface area contributed by atoms with E-state index in [1.807, 2.05) is 18.3 Å². The summed E-state index contributed by atoms with van der Waals surface area (Å²) in [6.07, 6.45) is 6.01. The Morgan fingerprint density at radius 2 is 1.33 bits per heavy atom. The Hall–Kier alpha value is -4.11. The number of hydrogen-bond acceptors (Lipinski definition) is 3. The van der Waals surface area contributed by atoms with E-state index in [0.717, 1.165) is 62.7 Å². The third kappa shape index (κ3) is 8.38. The van der Waals surface area contributed by atoms with Crippen LogP contribution in [0.25, 0.3) is 55.2 Å². The number of benzene rings is 4. The van der Waals surface area contributed by atoms with E-state index in [4.69, 9.17) is 9.40 Å². The summed E-state index contributed by atoms with van der Waals surface area (Å²) in [6, 6.07) is 34.0. The van der Waals surface area contributed by atoms with Gasteiger partial charge in [0.15, 0.2) is 0 Å². The molecule has 0 unspecified atom stereocenters. The molecule has 0 N–H and O–H groups in total. The first-order valence-corrected chi connectivity index (χ1v) is 16.9. The van der Waals surface area contributed by atoms with Crippen LogP contribution in [0.3, 0.4) is 0 Å². The summed E-state index contributed by atoms with van der Waals surface area (Å²) in [5, 5.41) is 4.58. The molecule has 0 aliphatic carbocycles. The number of nitrogens with zero attached hydrogens (tertiary/aromatic N) is 2. The van der Waals surface area contributed by atoms with Crippen molar-refractivity contribution in [3.63, 3.8) is 0 Å². The first kappa shape index (κ1) is 36.2. The van der Waals surface area contributed by atoms with E-state index in [1.165, 1.54) is 33.2 Å². The van der Waals surface area contributed by atoms with Gasteiger partial charge in [-0.15, -0.1) is 53.6 Å². The average molecular weight is 823 g/mol. The fourth-order valence-corrected chi connectivity index (χ4v) is 6.22. The molecule has 0 amide bonds. The number of pyridine rings is 2. The van der Waals surface area contributed by atoms with Gasteiger partial charge in [0.1, 0.15) is 5.58 Å². The number of aryl methyl sites for hydroxylation is 3. The van der Waals surface area contributed by atoms with Crippen molar-refractivity contribution in [2.45, 2.75) is 75.2 Å². The van der Waals surface area contributed by atoms with Crippen LogP contribution in [0.1, 0.15) is 69.4 Å². The van der Waals surface area contributed by atoms with Crippen LogP contribution in [0.5, 0.6) is 0 Å². The molecule has 4 heteroatoms. The zero-order valence-electron chi connectivity index (χ0n) is 30.2. The maximum Gasteiger partial charge on any atom is 0.128 e. The number of rotatable bonds is 4. The summed E-state index contributed by atoms with van der Waals surface area (Å²) in [7, 11) is 0. The van der Waals surface area contributed by atoms with Gasteiger partial charge in [-0.25, -0.2) is 0 Å². The maximum atomic E-state index is 6.53. The zero-order chi connectivity index (χ0) is 34.2. The number of furan rings is 1. The molecule has 1 radical (unpaired) electrons. The minimum Gasteiger partial charge on any atom is -0.500 e. The molecule has 4 aromatic carbocycles. The van der Waals surface area contributed by atoms with Gasteiger partial charge < -0.3 is 14.4 Å². The Morgan fingerprint density at radius 1 is 0.633 bits per heavy atom. The molecular weight excluding hydrogens is 777 g/mol. The normalized spacial score (nSPS) is 11.8. The number of hydrogen-bond donors (Lipinski definition) is 0. The van der Waals surface area contributed by atoms with E-state index in [0.29, 0.717) is 0 Å². The predicted molar refractivity (Wildman–Crippen MR) is 202 cm³/mol. The van der Waals surface area contributed by atoms with Crippen molar-refractivity contribution < 1.29 is 24.5 Å². The average Bonchev–Trinajstić information content (AvgIpc) is 3.42. The Kier molecular flexibility index (Phi) is 10.6.